The molecule has 0 bridgehead atoms. The molecule has 47 heavy (non-hydrogen) atoms. The summed E-state index contributed by atoms with van der Waals surface area (Å²) in [5.41, 5.74) is 2.42. The molecule has 260 valence electrons. The molecule has 2 aromatic rings. The van der Waals surface area contributed by atoms with E-state index in [-0.39, 0.29) is 17.9 Å². The van der Waals surface area contributed by atoms with E-state index in [1.54, 1.807) is 6.20 Å². The normalized spacial score (nSPS) is 21.8. The number of aromatic amines is 1. The van der Waals surface area contributed by atoms with Crippen molar-refractivity contribution in [2.24, 2.45) is 5.92 Å². The summed E-state index contributed by atoms with van der Waals surface area (Å²) < 4.78 is 35.2. The van der Waals surface area contributed by atoms with Gasteiger partial charge >= 0.3 is 0 Å². The predicted molar refractivity (Wildman–Crippen MR) is 180 cm³/mol. The predicted octanol–water partition coefficient (Wildman–Crippen LogP) is 2.73. The van der Waals surface area contributed by atoms with Crippen LogP contribution in [0.2, 0.25) is 0 Å². The Hall–Kier alpha value is -2.84. The van der Waals surface area contributed by atoms with Gasteiger partial charge in [0.1, 0.15) is 11.6 Å². The van der Waals surface area contributed by atoms with Gasteiger partial charge in [0.15, 0.2) is 0 Å². The molecule has 3 fully saturated rings. The number of piperidine rings is 1. The fraction of sp³-hybridized carbons (Fsp3) is 0.676. The maximum absolute atomic E-state index is 13.8. The first-order valence-electron chi connectivity index (χ1n) is 17.2. The number of amides is 2. The number of benzene rings is 1. The van der Waals surface area contributed by atoms with Crippen LogP contribution in [0.5, 0.6) is 0 Å². The van der Waals surface area contributed by atoms with E-state index in [4.69, 9.17) is 4.74 Å². The van der Waals surface area contributed by atoms with Crippen LogP contribution in [0.25, 0.3) is 0 Å². The molecule has 0 saturated carbocycles. The van der Waals surface area contributed by atoms with Gasteiger partial charge in [-0.2, -0.15) is 5.10 Å². The molecular formula is C34H53N7O5S. The summed E-state index contributed by atoms with van der Waals surface area (Å²) in [6, 6.07) is 3.25. The highest BCUT2D eigenvalue weighted by molar-refractivity contribution is 7.89. The fourth-order valence-electron chi connectivity index (χ4n) is 7.62. The van der Waals surface area contributed by atoms with E-state index in [1.807, 2.05) is 37.1 Å². The molecule has 2 amide bonds. The minimum Gasteiger partial charge on any atom is -0.379 e. The number of ether oxygens (including phenoxy) is 1. The zero-order chi connectivity index (χ0) is 33.8. The maximum Gasteiger partial charge on any atom is 0.246 e. The molecule has 0 aliphatic carbocycles. The summed E-state index contributed by atoms with van der Waals surface area (Å²) in [5, 5.41) is 10.3. The highest BCUT2D eigenvalue weighted by Gasteiger charge is 2.53. The maximum atomic E-state index is 13.8. The number of aryl methyl sites for hydroxylation is 2. The van der Waals surface area contributed by atoms with Crippen molar-refractivity contribution < 1.29 is 22.7 Å². The highest BCUT2D eigenvalue weighted by Crippen LogP contribution is 2.39. The Bertz CT molecular complexity index is 1460. The van der Waals surface area contributed by atoms with Crippen LogP contribution in [0.15, 0.2) is 29.4 Å². The van der Waals surface area contributed by atoms with Crippen molar-refractivity contribution in [2.45, 2.75) is 89.2 Å². The summed E-state index contributed by atoms with van der Waals surface area (Å²) in [7, 11) is -3.72. The third-order valence-corrected chi connectivity index (χ3v) is 11.7. The first-order valence-corrected chi connectivity index (χ1v) is 18.7. The number of aromatic nitrogens is 2. The lowest BCUT2D eigenvalue weighted by Gasteiger charge is -2.52. The second kappa shape index (κ2) is 15.1. The lowest BCUT2D eigenvalue weighted by Crippen LogP contribution is -2.73. The van der Waals surface area contributed by atoms with Crippen LogP contribution in [0.1, 0.15) is 81.2 Å². The molecule has 3 aliphatic rings. The van der Waals surface area contributed by atoms with Crippen LogP contribution in [-0.4, -0.2) is 116 Å². The average molecular weight is 672 g/mol. The SMILES string of the molecule is CCCCN1C(=O)[C@H](CC(C)C)NC(=O)C12CCN(C(c1cn[nH]c1)c1cc(C)c(S(=O)(=O)NCCN3CCOCC3)c(C)c1)CC2. The number of unbranched alkanes of at least 4 members (excludes halogenated alkanes) is 1. The van der Waals surface area contributed by atoms with Crippen molar-refractivity contribution >= 4 is 21.8 Å². The molecule has 3 N–H and O–H groups in total. The first-order chi connectivity index (χ1) is 22.5. The summed E-state index contributed by atoms with van der Waals surface area (Å²) in [5.74, 6) is 0.289. The van der Waals surface area contributed by atoms with E-state index in [0.717, 1.165) is 37.1 Å². The Morgan fingerprint density at radius 2 is 1.72 bits per heavy atom. The number of carbonyl (C=O) groups excluding carboxylic acids is 2. The van der Waals surface area contributed by atoms with E-state index < -0.39 is 21.6 Å². The Labute approximate surface area is 280 Å². The van der Waals surface area contributed by atoms with Crippen molar-refractivity contribution in [3.8, 4) is 0 Å². The summed E-state index contributed by atoms with van der Waals surface area (Å²) in [6.45, 7) is 15.6. The smallest absolute Gasteiger partial charge is 0.246 e. The molecule has 1 aromatic carbocycles. The Morgan fingerprint density at radius 3 is 2.32 bits per heavy atom. The van der Waals surface area contributed by atoms with Crippen molar-refractivity contribution in [1.29, 1.82) is 0 Å². The number of hydrogen-bond acceptors (Lipinski definition) is 8. The van der Waals surface area contributed by atoms with Gasteiger partial charge in [-0.05, 0) is 62.1 Å². The highest BCUT2D eigenvalue weighted by atomic mass is 32.2. The summed E-state index contributed by atoms with van der Waals surface area (Å²) in [6.07, 6.45) is 7.15. The number of piperazine rings is 1. The number of hydrogen-bond donors (Lipinski definition) is 3. The molecule has 5 rings (SSSR count). The van der Waals surface area contributed by atoms with Gasteiger partial charge in [-0.1, -0.05) is 39.3 Å². The van der Waals surface area contributed by atoms with Gasteiger partial charge in [-0.3, -0.25) is 24.5 Å². The zero-order valence-electron chi connectivity index (χ0n) is 28.7. The number of H-pyrrole nitrogens is 1. The Kier molecular flexibility index (Phi) is 11.4. The van der Waals surface area contributed by atoms with Gasteiger partial charge in [-0.25, -0.2) is 13.1 Å². The van der Waals surface area contributed by atoms with Gasteiger partial charge in [-0.15, -0.1) is 0 Å². The molecule has 1 unspecified atom stereocenters. The first kappa shape index (κ1) is 35.5. The fourth-order valence-corrected chi connectivity index (χ4v) is 9.09. The van der Waals surface area contributed by atoms with Crippen LogP contribution in [0.3, 0.4) is 0 Å². The van der Waals surface area contributed by atoms with E-state index in [2.05, 4.69) is 50.8 Å². The standard InChI is InChI=1S/C34H53N7O5S/c1-6-7-11-41-32(42)29(19-24(2)3)38-33(43)34(41)8-12-40(13-9-34)30(28-22-35-36-23-28)27-20-25(4)31(26(5)21-27)47(44,45)37-10-14-39-15-17-46-18-16-39/h20-24,29-30,37H,6-19H2,1-5H3,(H,35,36)(H,38,43)/t29-,30?/m0/s1. The van der Waals surface area contributed by atoms with Gasteiger partial charge in [0.2, 0.25) is 21.8 Å². The largest absolute Gasteiger partial charge is 0.379 e. The third kappa shape index (κ3) is 7.75. The number of nitrogens with one attached hydrogen (secondary N) is 3. The van der Waals surface area contributed by atoms with Gasteiger partial charge in [0.25, 0.3) is 0 Å². The molecular weight excluding hydrogens is 618 g/mol. The summed E-state index contributed by atoms with van der Waals surface area (Å²) in [4.78, 5) is 34.3. The molecule has 0 radical (unpaired) electrons. The molecule has 1 aromatic heterocycles. The number of rotatable bonds is 13. The van der Waals surface area contributed by atoms with Crippen LogP contribution < -0.4 is 10.0 Å². The van der Waals surface area contributed by atoms with E-state index in [0.29, 0.717) is 87.1 Å². The lowest BCUT2D eigenvalue weighted by molar-refractivity contribution is -0.162. The van der Waals surface area contributed by atoms with Crippen molar-refractivity contribution in [3.63, 3.8) is 0 Å². The second-order valence-electron chi connectivity index (χ2n) is 13.8. The molecule has 4 heterocycles. The monoisotopic (exact) mass is 671 g/mol. The van der Waals surface area contributed by atoms with Crippen LogP contribution in [0.4, 0.5) is 0 Å². The molecule has 3 saturated heterocycles. The summed E-state index contributed by atoms with van der Waals surface area (Å²) >= 11 is 0. The van der Waals surface area contributed by atoms with Gasteiger partial charge in [0.05, 0.1) is 30.3 Å². The number of sulfonamides is 1. The average Bonchev–Trinajstić information content (AvgIpc) is 3.55. The van der Waals surface area contributed by atoms with E-state index in [9.17, 15) is 18.0 Å². The zero-order valence-corrected chi connectivity index (χ0v) is 29.5. The van der Waals surface area contributed by atoms with E-state index in [1.165, 1.54) is 0 Å². The Morgan fingerprint density at radius 1 is 1.04 bits per heavy atom. The minimum atomic E-state index is -3.72. The van der Waals surface area contributed by atoms with E-state index >= 15 is 0 Å². The van der Waals surface area contributed by atoms with Crippen molar-refractivity contribution in [3.05, 3.63) is 46.8 Å². The van der Waals surface area contributed by atoms with Crippen LogP contribution in [-0.2, 0) is 24.3 Å². The topological polar surface area (TPSA) is 140 Å². The van der Waals surface area contributed by atoms with Gasteiger partial charge < -0.3 is 15.0 Å². The van der Waals surface area contributed by atoms with Gasteiger partial charge in [0, 0.05) is 57.6 Å². The molecule has 12 nitrogen and oxygen atoms in total. The number of nitrogens with zero attached hydrogens (tertiary/aromatic N) is 4. The van der Waals surface area contributed by atoms with Crippen LogP contribution in [0, 0.1) is 19.8 Å². The van der Waals surface area contributed by atoms with Crippen LogP contribution >= 0.6 is 0 Å². The molecule has 3 aliphatic heterocycles. The molecule has 2 atom stereocenters. The third-order valence-electron chi connectivity index (χ3n) is 9.97. The van der Waals surface area contributed by atoms with Crippen molar-refractivity contribution in [1.82, 2.24) is 34.9 Å². The Balaban J connectivity index is 1.36. The second-order valence-corrected chi connectivity index (χ2v) is 15.5. The van der Waals surface area contributed by atoms with Crippen molar-refractivity contribution in [2.75, 3.05) is 59.0 Å². The quantitative estimate of drug-likeness (QED) is 0.296. The number of likely N-dealkylation sites (tertiary alicyclic amines) is 1. The molecule has 1 spiro atoms. The molecule has 13 heteroatoms. The lowest BCUT2D eigenvalue weighted by atomic mass is 9.79. The number of carbonyl (C=O) groups is 2. The minimum absolute atomic E-state index is 0.0354. The number of morpholine rings is 1.